The molecule has 21 heavy (non-hydrogen) atoms. The van der Waals surface area contributed by atoms with E-state index in [1.807, 2.05) is 6.07 Å². The number of carbonyl (C=O) groups is 2. The molecule has 0 radical (unpaired) electrons. The monoisotopic (exact) mass is 301 g/mol. The molecule has 0 bridgehead atoms. The van der Waals surface area contributed by atoms with Crippen LogP contribution in [-0.2, 0) is 11.2 Å². The molecule has 0 saturated carbocycles. The maximum absolute atomic E-state index is 12.1. The highest BCUT2D eigenvalue weighted by atomic mass is 35.5. The van der Waals surface area contributed by atoms with Gasteiger partial charge in [0.2, 0.25) is 5.91 Å². The van der Waals surface area contributed by atoms with Crippen molar-refractivity contribution in [3.05, 3.63) is 52.8 Å². The third kappa shape index (κ3) is 3.03. The molecule has 0 fully saturated rings. The summed E-state index contributed by atoms with van der Waals surface area (Å²) in [7, 11) is 0. The molecular weight excluding hydrogens is 290 g/mol. The predicted molar refractivity (Wildman–Crippen MR) is 80.6 cm³/mol. The van der Waals surface area contributed by atoms with Crippen molar-refractivity contribution in [2.24, 2.45) is 0 Å². The topological polar surface area (TPSA) is 71.1 Å². The van der Waals surface area contributed by atoms with Gasteiger partial charge in [0.15, 0.2) is 0 Å². The minimum Gasteiger partial charge on any atom is -0.326 e. The number of aryl methyl sites for hydroxylation is 1. The molecule has 2 N–H and O–H groups in total. The number of nitrogens with one attached hydrogen (secondary N) is 2. The summed E-state index contributed by atoms with van der Waals surface area (Å²) in [6, 6.07) is 8.60. The van der Waals surface area contributed by atoms with Gasteiger partial charge in [-0.1, -0.05) is 11.6 Å². The molecule has 1 aromatic heterocycles. The standard InChI is InChI=1S/C15H12ClN3O2/c16-13-5-1-10(8-17-13)15(21)18-11-3-4-12-9(7-11)2-6-14(20)19-12/h1,3-5,7-8H,2,6H2,(H,18,21)(H,19,20). The molecule has 0 aliphatic carbocycles. The van der Waals surface area contributed by atoms with Gasteiger partial charge in [0, 0.05) is 24.0 Å². The fourth-order valence-electron chi connectivity index (χ4n) is 2.17. The summed E-state index contributed by atoms with van der Waals surface area (Å²) in [5.74, 6) is -0.231. The molecule has 5 nitrogen and oxygen atoms in total. The van der Waals surface area contributed by atoms with E-state index < -0.39 is 0 Å². The average Bonchev–Trinajstić information content (AvgIpc) is 2.48. The first-order valence-corrected chi connectivity index (χ1v) is 6.85. The Morgan fingerprint density at radius 3 is 2.86 bits per heavy atom. The Kier molecular flexibility index (Phi) is 3.58. The summed E-state index contributed by atoms with van der Waals surface area (Å²) >= 11 is 5.69. The molecule has 1 aliphatic rings. The second kappa shape index (κ2) is 5.54. The smallest absolute Gasteiger partial charge is 0.257 e. The molecular formula is C15H12ClN3O2. The Hall–Kier alpha value is -2.40. The lowest BCUT2D eigenvalue weighted by Gasteiger charge is -2.17. The van der Waals surface area contributed by atoms with Crippen molar-refractivity contribution in [3.63, 3.8) is 0 Å². The molecule has 106 valence electrons. The van der Waals surface area contributed by atoms with Gasteiger partial charge in [0.25, 0.3) is 5.91 Å². The average molecular weight is 302 g/mol. The Morgan fingerprint density at radius 2 is 2.10 bits per heavy atom. The summed E-state index contributed by atoms with van der Waals surface area (Å²) in [4.78, 5) is 27.3. The number of hydrogen-bond donors (Lipinski definition) is 2. The van der Waals surface area contributed by atoms with Gasteiger partial charge in [-0.05, 0) is 42.3 Å². The Balaban J connectivity index is 1.77. The van der Waals surface area contributed by atoms with Gasteiger partial charge in [-0.2, -0.15) is 0 Å². The number of rotatable bonds is 2. The zero-order chi connectivity index (χ0) is 14.8. The third-order valence-electron chi connectivity index (χ3n) is 3.25. The lowest BCUT2D eigenvalue weighted by molar-refractivity contribution is -0.116. The first kappa shape index (κ1) is 13.6. The quantitative estimate of drug-likeness (QED) is 0.838. The molecule has 0 saturated heterocycles. The van der Waals surface area contributed by atoms with Crippen LogP contribution >= 0.6 is 11.6 Å². The number of fused-ring (bicyclic) bond motifs is 1. The number of pyridine rings is 1. The first-order chi connectivity index (χ1) is 10.1. The van der Waals surface area contributed by atoms with Crippen LogP contribution in [-0.4, -0.2) is 16.8 Å². The highest BCUT2D eigenvalue weighted by Crippen LogP contribution is 2.25. The zero-order valence-electron chi connectivity index (χ0n) is 11.0. The second-order valence-corrected chi connectivity index (χ2v) is 5.13. The highest BCUT2D eigenvalue weighted by molar-refractivity contribution is 6.29. The summed E-state index contributed by atoms with van der Waals surface area (Å²) in [6.45, 7) is 0. The Labute approximate surface area is 126 Å². The molecule has 2 heterocycles. The first-order valence-electron chi connectivity index (χ1n) is 6.47. The fraction of sp³-hybridized carbons (Fsp3) is 0.133. The summed E-state index contributed by atoms with van der Waals surface area (Å²) in [5.41, 5.74) is 2.94. The molecule has 2 amide bonds. The molecule has 2 aromatic rings. The van der Waals surface area contributed by atoms with E-state index in [0.717, 1.165) is 11.3 Å². The van der Waals surface area contributed by atoms with Gasteiger partial charge < -0.3 is 10.6 Å². The van der Waals surface area contributed by atoms with Crippen LogP contribution in [0.15, 0.2) is 36.5 Å². The van der Waals surface area contributed by atoms with Crippen LogP contribution in [0.2, 0.25) is 5.15 Å². The minimum atomic E-state index is -0.251. The van der Waals surface area contributed by atoms with Crippen molar-refractivity contribution in [1.29, 1.82) is 0 Å². The van der Waals surface area contributed by atoms with Gasteiger partial charge in [-0.25, -0.2) is 4.98 Å². The second-order valence-electron chi connectivity index (χ2n) is 4.74. The minimum absolute atomic E-state index is 0.0199. The van der Waals surface area contributed by atoms with Crippen molar-refractivity contribution in [1.82, 2.24) is 4.98 Å². The van der Waals surface area contributed by atoms with Crippen molar-refractivity contribution >= 4 is 34.8 Å². The number of anilines is 2. The summed E-state index contributed by atoms with van der Waals surface area (Å²) in [5, 5.41) is 5.95. The van der Waals surface area contributed by atoms with Crippen LogP contribution in [0.1, 0.15) is 22.3 Å². The molecule has 0 atom stereocenters. The van der Waals surface area contributed by atoms with Gasteiger partial charge in [-0.3, -0.25) is 9.59 Å². The van der Waals surface area contributed by atoms with E-state index in [2.05, 4.69) is 15.6 Å². The van der Waals surface area contributed by atoms with Crippen LogP contribution < -0.4 is 10.6 Å². The van der Waals surface area contributed by atoms with Crippen molar-refractivity contribution in [2.75, 3.05) is 10.6 Å². The largest absolute Gasteiger partial charge is 0.326 e. The number of benzene rings is 1. The number of aromatic nitrogens is 1. The fourth-order valence-corrected chi connectivity index (χ4v) is 2.29. The molecule has 0 spiro atoms. The third-order valence-corrected chi connectivity index (χ3v) is 3.47. The molecule has 3 rings (SSSR count). The molecule has 0 unspecified atom stereocenters. The van der Waals surface area contributed by atoms with Crippen molar-refractivity contribution in [2.45, 2.75) is 12.8 Å². The van der Waals surface area contributed by atoms with Gasteiger partial charge in [0.1, 0.15) is 5.15 Å². The summed E-state index contributed by atoms with van der Waals surface area (Å²) < 4.78 is 0. The number of hydrogen-bond acceptors (Lipinski definition) is 3. The van der Waals surface area contributed by atoms with Crippen LogP contribution in [0.25, 0.3) is 0 Å². The van der Waals surface area contributed by atoms with E-state index in [1.54, 1.807) is 24.3 Å². The Bertz CT molecular complexity index is 713. The molecule has 1 aliphatic heterocycles. The van der Waals surface area contributed by atoms with Gasteiger partial charge in [0.05, 0.1) is 5.56 Å². The SMILES string of the molecule is O=C1CCc2cc(NC(=O)c3ccc(Cl)nc3)ccc2N1. The number of amides is 2. The molecule has 1 aromatic carbocycles. The lowest BCUT2D eigenvalue weighted by atomic mass is 10.0. The maximum atomic E-state index is 12.1. The highest BCUT2D eigenvalue weighted by Gasteiger charge is 2.15. The van der Waals surface area contributed by atoms with E-state index in [4.69, 9.17) is 11.6 Å². The van der Waals surface area contributed by atoms with Crippen LogP contribution in [0, 0.1) is 0 Å². The Morgan fingerprint density at radius 1 is 1.24 bits per heavy atom. The van der Waals surface area contributed by atoms with Crippen molar-refractivity contribution < 1.29 is 9.59 Å². The predicted octanol–water partition coefficient (Wildman–Crippen LogP) is 2.87. The number of nitrogens with zero attached hydrogens (tertiary/aromatic N) is 1. The van der Waals surface area contributed by atoms with Crippen molar-refractivity contribution in [3.8, 4) is 0 Å². The lowest BCUT2D eigenvalue weighted by Crippen LogP contribution is -2.19. The normalized spacial score (nSPS) is 13.3. The van der Waals surface area contributed by atoms with Gasteiger partial charge >= 0.3 is 0 Å². The van der Waals surface area contributed by atoms with Crippen LogP contribution in [0.5, 0.6) is 0 Å². The van der Waals surface area contributed by atoms with E-state index in [1.165, 1.54) is 6.20 Å². The van der Waals surface area contributed by atoms with E-state index in [0.29, 0.717) is 29.2 Å². The van der Waals surface area contributed by atoms with E-state index in [9.17, 15) is 9.59 Å². The zero-order valence-corrected chi connectivity index (χ0v) is 11.8. The summed E-state index contributed by atoms with van der Waals surface area (Å²) in [6.07, 6.45) is 2.56. The molecule has 6 heteroatoms. The van der Waals surface area contributed by atoms with Crippen LogP contribution in [0.4, 0.5) is 11.4 Å². The van der Waals surface area contributed by atoms with E-state index >= 15 is 0 Å². The number of carbonyl (C=O) groups excluding carboxylic acids is 2. The van der Waals surface area contributed by atoms with E-state index in [-0.39, 0.29) is 11.8 Å². The maximum Gasteiger partial charge on any atom is 0.257 e. The van der Waals surface area contributed by atoms with Crippen LogP contribution in [0.3, 0.4) is 0 Å². The van der Waals surface area contributed by atoms with Gasteiger partial charge in [-0.15, -0.1) is 0 Å². The number of halogens is 1.